The van der Waals surface area contributed by atoms with E-state index in [1.807, 2.05) is 0 Å². The van der Waals surface area contributed by atoms with Gasteiger partial charge in [0.1, 0.15) is 28.2 Å². The number of aliphatic hydroxyl groups is 1. The van der Waals surface area contributed by atoms with Gasteiger partial charge in [0, 0.05) is 35.5 Å². The largest absolute Gasteiger partial charge is 0.436 e. The lowest BCUT2D eigenvalue weighted by atomic mass is 9.84. The average Bonchev–Trinajstić information content (AvgIpc) is 3.52. The lowest BCUT2D eigenvalue weighted by molar-refractivity contribution is -0.184. The summed E-state index contributed by atoms with van der Waals surface area (Å²) in [6.07, 6.45) is 1.83. The van der Waals surface area contributed by atoms with Gasteiger partial charge in [0.25, 0.3) is 6.43 Å². The Morgan fingerprint density at radius 1 is 1.11 bits per heavy atom. The second-order valence-electron chi connectivity index (χ2n) is 10.1. The van der Waals surface area contributed by atoms with E-state index >= 15 is 0 Å². The molecule has 3 aliphatic rings. The van der Waals surface area contributed by atoms with Crippen molar-refractivity contribution in [3.05, 3.63) is 47.9 Å². The molecule has 190 valence electrons. The minimum Gasteiger partial charge on any atom is -0.436 e. The lowest BCUT2D eigenvalue weighted by Gasteiger charge is -2.37. The maximum atomic E-state index is 13.7. The normalized spacial score (nSPS) is 22.7. The molecule has 4 aromatic rings. The number of oxazole rings is 1. The Morgan fingerprint density at radius 2 is 1.95 bits per heavy atom. The molecule has 1 spiro atoms. The minimum atomic E-state index is -2.81. The Kier molecular flexibility index (Phi) is 4.88. The van der Waals surface area contributed by atoms with Crippen molar-refractivity contribution in [1.82, 2.24) is 15.0 Å². The number of halogens is 2. The zero-order valence-electron chi connectivity index (χ0n) is 19.5. The van der Waals surface area contributed by atoms with Crippen LogP contribution in [0.3, 0.4) is 0 Å². The lowest BCUT2D eigenvalue weighted by Crippen LogP contribution is -2.49. The highest BCUT2D eigenvalue weighted by Crippen LogP contribution is 2.44. The van der Waals surface area contributed by atoms with Crippen LogP contribution in [0.5, 0.6) is 0 Å². The van der Waals surface area contributed by atoms with Gasteiger partial charge in [-0.05, 0) is 36.6 Å². The second-order valence-corrected chi connectivity index (χ2v) is 10.1. The molecule has 0 unspecified atom stereocenters. The molecule has 1 amide bonds. The first-order valence-electron chi connectivity index (χ1n) is 12.1. The average molecular weight is 508 g/mol. The monoisotopic (exact) mass is 508 g/mol. The standard InChI is InChI=1S/C26H22F2N4O5/c27-22(28)21-16-7-29-20(32-23(33)13-1-2-13)6-15(16)17(8-30-21)24-31-18-5-14(3-4-19(18)37-24)26(34)9-25(36-12-26)10-35-11-25/h3-8,13,22,34H,1-2,9-12H2,(H,29,32,33)/t26-/m1/s1. The number of rotatable bonds is 5. The van der Waals surface area contributed by atoms with E-state index in [1.54, 1.807) is 18.2 Å². The molecule has 7 rings (SSSR count). The molecule has 1 saturated carbocycles. The van der Waals surface area contributed by atoms with Crippen molar-refractivity contribution in [3.63, 3.8) is 0 Å². The van der Waals surface area contributed by atoms with Gasteiger partial charge in [-0.3, -0.25) is 9.78 Å². The van der Waals surface area contributed by atoms with Crippen molar-refractivity contribution in [2.75, 3.05) is 25.1 Å². The van der Waals surface area contributed by atoms with Gasteiger partial charge < -0.3 is 24.3 Å². The minimum absolute atomic E-state index is 0.0379. The summed E-state index contributed by atoms with van der Waals surface area (Å²) in [5, 5.41) is 14.5. The van der Waals surface area contributed by atoms with Gasteiger partial charge in [-0.1, -0.05) is 6.07 Å². The molecule has 1 aliphatic carbocycles. The molecule has 0 bridgehead atoms. The molecule has 3 fully saturated rings. The Morgan fingerprint density at radius 3 is 2.65 bits per heavy atom. The number of alkyl halides is 2. The molecule has 2 aliphatic heterocycles. The first kappa shape index (κ1) is 22.6. The SMILES string of the molecule is O=C(Nc1cc2c(-c3nc4cc([C@]5(O)COC6(COC6)C5)ccc4o3)cnc(C(F)F)c2cn1)C1CC1. The third-order valence-corrected chi connectivity index (χ3v) is 7.33. The number of amides is 1. The predicted octanol–water partition coefficient (Wildman–Crippen LogP) is 4.10. The van der Waals surface area contributed by atoms with Crippen LogP contribution in [-0.2, 0) is 19.9 Å². The van der Waals surface area contributed by atoms with Crippen molar-refractivity contribution < 1.29 is 32.6 Å². The number of carbonyl (C=O) groups excluding carboxylic acids is 1. The van der Waals surface area contributed by atoms with Crippen LogP contribution >= 0.6 is 0 Å². The number of aromatic nitrogens is 3. The van der Waals surface area contributed by atoms with E-state index in [2.05, 4.69) is 20.3 Å². The zero-order valence-corrected chi connectivity index (χ0v) is 19.5. The van der Waals surface area contributed by atoms with Crippen LogP contribution in [0, 0.1) is 5.92 Å². The van der Waals surface area contributed by atoms with Crippen LogP contribution in [0.2, 0.25) is 0 Å². The highest BCUT2D eigenvalue weighted by molar-refractivity contribution is 6.00. The molecule has 3 aromatic heterocycles. The Balaban J connectivity index is 1.29. The quantitative estimate of drug-likeness (QED) is 0.414. The van der Waals surface area contributed by atoms with E-state index < -0.39 is 23.3 Å². The van der Waals surface area contributed by atoms with Crippen LogP contribution in [0.1, 0.15) is 36.9 Å². The Hall–Kier alpha value is -3.54. The third kappa shape index (κ3) is 3.76. The van der Waals surface area contributed by atoms with Gasteiger partial charge in [-0.15, -0.1) is 0 Å². The van der Waals surface area contributed by atoms with Crippen molar-refractivity contribution in [3.8, 4) is 11.5 Å². The maximum absolute atomic E-state index is 13.7. The summed E-state index contributed by atoms with van der Waals surface area (Å²) in [4.78, 5) is 24.9. The zero-order chi connectivity index (χ0) is 25.4. The summed E-state index contributed by atoms with van der Waals surface area (Å²) in [5.41, 5.74) is -0.0495. The molecule has 1 atom stereocenters. The van der Waals surface area contributed by atoms with Gasteiger partial charge >= 0.3 is 0 Å². The molecule has 37 heavy (non-hydrogen) atoms. The van der Waals surface area contributed by atoms with Crippen molar-refractivity contribution >= 4 is 33.6 Å². The van der Waals surface area contributed by atoms with Crippen molar-refractivity contribution in [2.24, 2.45) is 5.92 Å². The molecule has 0 radical (unpaired) electrons. The Labute approximate surface area is 208 Å². The van der Waals surface area contributed by atoms with Crippen LogP contribution in [0.25, 0.3) is 33.3 Å². The van der Waals surface area contributed by atoms with Crippen molar-refractivity contribution in [1.29, 1.82) is 0 Å². The number of fused-ring (bicyclic) bond motifs is 2. The topological polar surface area (TPSA) is 120 Å². The predicted molar refractivity (Wildman–Crippen MR) is 127 cm³/mol. The van der Waals surface area contributed by atoms with Gasteiger partial charge in [-0.25, -0.2) is 18.7 Å². The van der Waals surface area contributed by atoms with E-state index in [1.165, 1.54) is 18.5 Å². The fraction of sp³-hybridized carbons (Fsp3) is 0.385. The third-order valence-electron chi connectivity index (χ3n) is 7.33. The number of nitrogens with one attached hydrogen (secondary N) is 1. The van der Waals surface area contributed by atoms with Gasteiger partial charge in [0.15, 0.2) is 5.58 Å². The molecular formula is C26H22F2N4O5. The molecule has 9 nitrogen and oxygen atoms in total. The molecule has 1 aromatic carbocycles. The smallest absolute Gasteiger partial charge is 0.281 e. The molecule has 11 heteroatoms. The number of carbonyl (C=O) groups is 1. The number of pyridine rings is 2. The van der Waals surface area contributed by atoms with E-state index in [9.17, 15) is 18.7 Å². The fourth-order valence-electron chi connectivity index (χ4n) is 5.08. The van der Waals surface area contributed by atoms with E-state index in [0.717, 1.165) is 12.8 Å². The molecule has 2 saturated heterocycles. The number of benzene rings is 1. The highest BCUT2D eigenvalue weighted by atomic mass is 19.3. The summed E-state index contributed by atoms with van der Waals surface area (Å²) < 4.78 is 44.5. The van der Waals surface area contributed by atoms with Gasteiger partial charge in [0.2, 0.25) is 11.8 Å². The molecular weight excluding hydrogens is 486 g/mol. The first-order valence-corrected chi connectivity index (χ1v) is 12.1. The number of hydrogen-bond acceptors (Lipinski definition) is 8. The van der Waals surface area contributed by atoms with Crippen LogP contribution in [0.4, 0.5) is 14.6 Å². The van der Waals surface area contributed by atoms with E-state index in [-0.39, 0.29) is 35.5 Å². The van der Waals surface area contributed by atoms with E-state index in [0.29, 0.717) is 47.2 Å². The number of anilines is 1. The van der Waals surface area contributed by atoms with Gasteiger partial charge in [-0.2, -0.15) is 0 Å². The van der Waals surface area contributed by atoms with Crippen LogP contribution < -0.4 is 5.32 Å². The number of ether oxygens (including phenoxy) is 2. The number of nitrogens with zero attached hydrogens (tertiary/aromatic N) is 3. The summed E-state index contributed by atoms with van der Waals surface area (Å²) in [6, 6.07) is 6.77. The second kappa shape index (κ2) is 7.98. The van der Waals surface area contributed by atoms with Crippen LogP contribution in [-0.4, -0.2) is 51.4 Å². The summed E-state index contributed by atoms with van der Waals surface area (Å²) >= 11 is 0. The maximum Gasteiger partial charge on any atom is 0.281 e. The summed E-state index contributed by atoms with van der Waals surface area (Å²) in [5.74, 6) is 0.251. The summed E-state index contributed by atoms with van der Waals surface area (Å²) in [7, 11) is 0. The first-order chi connectivity index (χ1) is 17.8. The van der Waals surface area contributed by atoms with Crippen molar-refractivity contribution in [2.45, 2.75) is 36.9 Å². The van der Waals surface area contributed by atoms with Crippen LogP contribution in [0.15, 0.2) is 41.1 Å². The molecule has 2 N–H and O–H groups in total. The van der Waals surface area contributed by atoms with E-state index in [4.69, 9.17) is 13.9 Å². The Bertz CT molecular complexity index is 1570. The van der Waals surface area contributed by atoms with Gasteiger partial charge in [0.05, 0.1) is 25.4 Å². The summed E-state index contributed by atoms with van der Waals surface area (Å²) in [6.45, 7) is 1.06. The molecule has 5 heterocycles. The fourth-order valence-corrected chi connectivity index (χ4v) is 5.08. The highest BCUT2D eigenvalue weighted by Gasteiger charge is 2.54. The number of hydrogen-bond donors (Lipinski definition) is 2.